The number of pyridine rings is 1. The van der Waals surface area contributed by atoms with Gasteiger partial charge in [0, 0.05) is 29.7 Å². The molecule has 0 saturated heterocycles. The van der Waals surface area contributed by atoms with E-state index in [1.54, 1.807) is 17.4 Å². The van der Waals surface area contributed by atoms with E-state index in [1.165, 1.54) is 4.88 Å². The Morgan fingerprint density at radius 3 is 2.95 bits per heavy atom. The van der Waals surface area contributed by atoms with Gasteiger partial charge in [-0.3, -0.25) is 9.88 Å². The van der Waals surface area contributed by atoms with E-state index in [0.717, 1.165) is 36.1 Å². The van der Waals surface area contributed by atoms with Crippen LogP contribution in [-0.2, 0) is 17.9 Å². The van der Waals surface area contributed by atoms with Gasteiger partial charge in [0.25, 0.3) is 0 Å². The number of carbonyl (C=O) groups is 1. The molecule has 1 N–H and O–H groups in total. The highest BCUT2D eigenvalue weighted by atomic mass is 32.1. The van der Waals surface area contributed by atoms with Crippen molar-refractivity contribution in [3.63, 3.8) is 0 Å². The van der Waals surface area contributed by atoms with Gasteiger partial charge < -0.3 is 5.11 Å². The van der Waals surface area contributed by atoms with Crippen molar-refractivity contribution in [3.05, 3.63) is 57.6 Å². The highest BCUT2D eigenvalue weighted by Crippen LogP contribution is 2.18. The molecule has 0 aliphatic carbocycles. The predicted molar refractivity (Wildman–Crippen MR) is 85.1 cm³/mol. The molecule has 0 aromatic carbocycles. The van der Waals surface area contributed by atoms with E-state index in [0.29, 0.717) is 0 Å². The summed E-state index contributed by atoms with van der Waals surface area (Å²) in [7, 11) is 2.05. The smallest absolute Gasteiger partial charge is 0.328 e. The first-order valence-electron chi connectivity index (χ1n) is 6.62. The number of hydrogen-bond acceptors (Lipinski definition) is 4. The van der Waals surface area contributed by atoms with Crippen molar-refractivity contribution in [3.8, 4) is 0 Å². The maximum absolute atomic E-state index is 10.5. The van der Waals surface area contributed by atoms with Crippen LogP contribution in [0.15, 0.2) is 35.7 Å². The lowest BCUT2D eigenvalue weighted by Gasteiger charge is -2.15. The number of aromatic nitrogens is 1. The number of rotatable bonds is 6. The molecule has 0 aliphatic rings. The van der Waals surface area contributed by atoms with E-state index in [-0.39, 0.29) is 0 Å². The standard InChI is InChI=1S/C16H18N2O2S/c1-12-4-3-5-14(17-12)9-18(2)10-15-8-13(11-21-15)6-7-16(19)20/h3-8,11H,9-10H2,1-2H3,(H,19,20)/b7-6+. The first kappa shape index (κ1) is 15.4. The first-order valence-corrected chi connectivity index (χ1v) is 7.50. The second-order valence-electron chi connectivity index (χ2n) is 4.96. The molecule has 5 heteroatoms. The number of carboxylic acids is 1. The van der Waals surface area contributed by atoms with E-state index in [1.807, 2.05) is 36.6 Å². The van der Waals surface area contributed by atoms with E-state index >= 15 is 0 Å². The van der Waals surface area contributed by atoms with Crippen LogP contribution < -0.4 is 0 Å². The fraction of sp³-hybridized carbons (Fsp3) is 0.250. The highest BCUT2D eigenvalue weighted by molar-refractivity contribution is 7.10. The van der Waals surface area contributed by atoms with E-state index in [9.17, 15) is 4.79 Å². The fourth-order valence-electron chi connectivity index (χ4n) is 2.02. The zero-order valence-corrected chi connectivity index (χ0v) is 12.9. The molecule has 0 spiro atoms. The topological polar surface area (TPSA) is 53.4 Å². The molecule has 4 nitrogen and oxygen atoms in total. The lowest BCUT2D eigenvalue weighted by atomic mass is 10.2. The molecule has 2 rings (SSSR count). The van der Waals surface area contributed by atoms with Gasteiger partial charge in [-0.25, -0.2) is 4.79 Å². The van der Waals surface area contributed by atoms with Gasteiger partial charge in [0.15, 0.2) is 0 Å². The summed E-state index contributed by atoms with van der Waals surface area (Å²) >= 11 is 1.64. The lowest BCUT2D eigenvalue weighted by Crippen LogP contribution is -2.17. The summed E-state index contributed by atoms with van der Waals surface area (Å²) in [6.45, 7) is 3.60. The monoisotopic (exact) mass is 302 g/mol. The second-order valence-corrected chi connectivity index (χ2v) is 5.96. The van der Waals surface area contributed by atoms with Crippen LogP contribution in [0, 0.1) is 6.92 Å². The molecule has 0 radical (unpaired) electrons. The minimum absolute atomic E-state index is 0.792. The molecule has 0 aliphatic heterocycles. The number of aliphatic carboxylic acids is 1. The predicted octanol–water partition coefficient (Wildman–Crippen LogP) is 3.18. The van der Waals surface area contributed by atoms with E-state index in [4.69, 9.17) is 5.11 Å². The molecule has 0 unspecified atom stereocenters. The van der Waals surface area contributed by atoms with Gasteiger partial charge >= 0.3 is 5.97 Å². The van der Waals surface area contributed by atoms with Crippen LogP contribution in [0.2, 0.25) is 0 Å². The molecular formula is C16H18N2O2S. The lowest BCUT2D eigenvalue weighted by molar-refractivity contribution is -0.131. The molecule has 0 bridgehead atoms. The van der Waals surface area contributed by atoms with Crippen LogP contribution >= 0.6 is 11.3 Å². The summed E-state index contributed by atoms with van der Waals surface area (Å²) in [5.41, 5.74) is 3.01. The Hall–Kier alpha value is -1.98. The van der Waals surface area contributed by atoms with Gasteiger partial charge in [0.05, 0.1) is 5.69 Å². The molecule has 2 aromatic heterocycles. The van der Waals surface area contributed by atoms with Crippen LogP contribution in [0.25, 0.3) is 6.08 Å². The van der Waals surface area contributed by atoms with Gasteiger partial charge in [-0.1, -0.05) is 6.07 Å². The minimum Gasteiger partial charge on any atom is -0.478 e. The van der Waals surface area contributed by atoms with Crippen LogP contribution in [0.1, 0.15) is 21.8 Å². The van der Waals surface area contributed by atoms with E-state index in [2.05, 4.69) is 16.9 Å². The third kappa shape index (κ3) is 5.13. The van der Waals surface area contributed by atoms with Crippen molar-refractivity contribution in [1.29, 1.82) is 0 Å². The Morgan fingerprint density at radius 1 is 1.43 bits per heavy atom. The van der Waals surface area contributed by atoms with Crippen molar-refractivity contribution >= 4 is 23.4 Å². The van der Waals surface area contributed by atoms with Gasteiger partial charge in [-0.05, 0) is 49.2 Å². The van der Waals surface area contributed by atoms with Gasteiger partial charge in [-0.15, -0.1) is 11.3 Å². The Kier molecular flexibility index (Phi) is 5.25. The maximum Gasteiger partial charge on any atom is 0.328 e. The number of carboxylic acid groups (broad SMARTS) is 1. The third-order valence-electron chi connectivity index (χ3n) is 2.90. The van der Waals surface area contributed by atoms with Crippen LogP contribution in [0.3, 0.4) is 0 Å². The Bertz CT molecular complexity index is 649. The van der Waals surface area contributed by atoms with Crippen molar-refractivity contribution < 1.29 is 9.90 Å². The molecule has 0 saturated carbocycles. The van der Waals surface area contributed by atoms with Gasteiger partial charge in [0.1, 0.15) is 0 Å². The molecule has 0 atom stereocenters. The molecule has 0 fully saturated rings. The molecular weight excluding hydrogens is 284 g/mol. The second kappa shape index (κ2) is 7.15. The average molecular weight is 302 g/mol. The summed E-state index contributed by atoms with van der Waals surface area (Å²) < 4.78 is 0. The number of hydrogen-bond donors (Lipinski definition) is 1. The van der Waals surface area contributed by atoms with Crippen LogP contribution in [-0.4, -0.2) is 28.0 Å². The van der Waals surface area contributed by atoms with Gasteiger partial charge in [0.2, 0.25) is 0 Å². The SMILES string of the molecule is Cc1cccc(CN(C)Cc2cc(/C=C/C(=O)O)cs2)n1. The zero-order valence-electron chi connectivity index (χ0n) is 12.1. The summed E-state index contributed by atoms with van der Waals surface area (Å²) in [6, 6.07) is 8.05. The Labute approximate surface area is 128 Å². The van der Waals surface area contributed by atoms with Crippen LogP contribution in [0.4, 0.5) is 0 Å². The van der Waals surface area contributed by atoms with Crippen LogP contribution in [0.5, 0.6) is 0 Å². The van der Waals surface area contributed by atoms with Crippen molar-refractivity contribution in [1.82, 2.24) is 9.88 Å². The number of nitrogens with zero attached hydrogens (tertiary/aromatic N) is 2. The third-order valence-corrected chi connectivity index (χ3v) is 3.84. The van der Waals surface area contributed by atoms with Crippen molar-refractivity contribution in [2.24, 2.45) is 0 Å². The number of aryl methyl sites for hydroxylation is 1. The Balaban J connectivity index is 1.93. The minimum atomic E-state index is -0.926. The summed E-state index contributed by atoms with van der Waals surface area (Å²) in [6.07, 6.45) is 2.77. The fourth-order valence-corrected chi connectivity index (χ4v) is 2.95. The summed E-state index contributed by atoms with van der Waals surface area (Å²) in [5, 5.41) is 10.6. The van der Waals surface area contributed by atoms with Crippen molar-refractivity contribution in [2.75, 3.05) is 7.05 Å². The molecule has 110 valence electrons. The summed E-state index contributed by atoms with van der Waals surface area (Å²) in [4.78, 5) is 18.4. The van der Waals surface area contributed by atoms with Gasteiger partial charge in [-0.2, -0.15) is 0 Å². The number of thiophene rings is 1. The molecule has 0 amide bonds. The highest BCUT2D eigenvalue weighted by Gasteiger charge is 2.05. The van der Waals surface area contributed by atoms with Crippen molar-refractivity contribution in [2.45, 2.75) is 20.0 Å². The first-order chi connectivity index (χ1) is 10.0. The normalized spacial score (nSPS) is 11.4. The quantitative estimate of drug-likeness (QED) is 0.833. The zero-order chi connectivity index (χ0) is 15.2. The van der Waals surface area contributed by atoms with E-state index < -0.39 is 5.97 Å². The largest absolute Gasteiger partial charge is 0.478 e. The maximum atomic E-state index is 10.5. The molecule has 2 heterocycles. The molecule has 2 aromatic rings. The average Bonchev–Trinajstić information content (AvgIpc) is 2.83. The Morgan fingerprint density at radius 2 is 2.24 bits per heavy atom. The summed E-state index contributed by atoms with van der Waals surface area (Å²) in [5.74, 6) is -0.926. The molecule has 21 heavy (non-hydrogen) atoms.